The molecule has 3 aliphatic carbocycles. The van der Waals surface area contributed by atoms with Crippen molar-refractivity contribution in [3.8, 4) is 0 Å². The highest BCUT2D eigenvalue weighted by atomic mass is 16.8. The summed E-state index contributed by atoms with van der Waals surface area (Å²) < 4.78 is 66.9. The van der Waals surface area contributed by atoms with Gasteiger partial charge in [0.15, 0.2) is 25.2 Å². The van der Waals surface area contributed by atoms with Gasteiger partial charge in [0.25, 0.3) is 0 Å². The number of fused-ring (bicyclic) bond motifs is 3. The molecule has 1 aromatic rings. The summed E-state index contributed by atoms with van der Waals surface area (Å²) in [6.07, 6.45) is -8.95. The molecule has 0 spiro atoms. The quantitative estimate of drug-likeness (QED) is 0.164. The average Bonchev–Trinajstić information content (AvgIpc) is 3.71. The first-order valence-electron chi connectivity index (χ1n) is 23.5. The fourth-order valence-corrected chi connectivity index (χ4v) is 12.2. The average molecular weight is 925 g/mol. The Morgan fingerprint density at radius 2 is 1.34 bits per heavy atom. The van der Waals surface area contributed by atoms with Crippen LogP contribution in [0.3, 0.4) is 0 Å². The van der Waals surface area contributed by atoms with Gasteiger partial charge in [0, 0.05) is 45.0 Å². The summed E-state index contributed by atoms with van der Waals surface area (Å²) in [5.74, 6) is 1.07. The van der Waals surface area contributed by atoms with Gasteiger partial charge in [-0.1, -0.05) is 18.6 Å². The van der Waals surface area contributed by atoms with Crippen molar-refractivity contribution in [1.82, 2.24) is 0 Å². The lowest BCUT2D eigenvalue weighted by Gasteiger charge is -2.55. The molecule has 23 atom stereocenters. The molecule has 0 unspecified atom stereocenters. The van der Waals surface area contributed by atoms with E-state index in [0.717, 1.165) is 24.2 Å². The number of methoxy groups -OCH3 is 2. The Balaban J connectivity index is 0.828. The van der Waals surface area contributed by atoms with Gasteiger partial charge in [-0.2, -0.15) is 0 Å². The van der Waals surface area contributed by atoms with Crippen molar-refractivity contribution in [2.24, 2.45) is 17.3 Å². The number of hydrogen-bond acceptors (Lipinski definition) is 18. The molecule has 4 saturated heterocycles. The highest BCUT2D eigenvalue weighted by molar-refractivity contribution is 5.93. The van der Waals surface area contributed by atoms with Gasteiger partial charge >= 0.3 is 0 Å². The van der Waals surface area contributed by atoms with E-state index >= 15 is 0 Å². The fraction of sp³-hybridized carbons (Fsp3) is 0.851. The fourth-order valence-electron chi connectivity index (χ4n) is 12.2. The van der Waals surface area contributed by atoms with Gasteiger partial charge in [0.1, 0.15) is 54.3 Å². The van der Waals surface area contributed by atoms with Crippen LogP contribution in [-0.2, 0) is 57.6 Å². The van der Waals surface area contributed by atoms with E-state index in [1.165, 1.54) is 12.7 Å². The maximum atomic E-state index is 14.2. The monoisotopic (exact) mass is 924 g/mol. The molecule has 65 heavy (non-hydrogen) atoms. The van der Waals surface area contributed by atoms with Crippen molar-refractivity contribution in [3.05, 3.63) is 35.3 Å². The molecule has 5 heterocycles. The molecular weight excluding hydrogens is 852 g/mol. The van der Waals surface area contributed by atoms with E-state index in [9.17, 15) is 35.4 Å². The maximum absolute atomic E-state index is 14.2. The summed E-state index contributed by atoms with van der Waals surface area (Å²) in [7, 11) is 3.09. The number of aryl methyl sites for hydroxylation is 1. The minimum atomic E-state index is -1.60. The predicted octanol–water partition coefficient (Wildman–Crippen LogP) is 2.07. The zero-order valence-corrected chi connectivity index (χ0v) is 38.8. The number of furan rings is 1. The number of carbonyl (C=O) groups excluding carboxylic acids is 1. The summed E-state index contributed by atoms with van der Waals surface area (Å²) >= 11 is 0. The van der Waals surface area contributed by atoms with Gasteiger partial charge in [-0.3, -0.25) is 4.79 Å². The molecule has 18 heteroatoms. The van der Waals surface area contributed by atoms with Crippen molar-refractivity contribution in [2.45, 2.75) is 215 Å². The van der Waals surface area contributed by atoms with Crippen LogP contribution in [0.25, 0.3) is 0 Å². The number of allylic oxidation sites excluding steroid dienone is 1. The van der Waals surface area contributed by atoms with E-state index in [1.807, 2.05) is 19.9 Å². The molecule has 0 bridgehead atoms. The molecule has 0 radical (unpaired) electrons. The Labute approximate surface area is 380 Å². The minimum absolute atomic E-state index is 0.0885. The second kappa shape index (κ2) is 19.8. The van der Waals surface area contributed by atoms with E-state index in [2.05, 4.69) is 19.9 Å². The van der Waals surface area contributed by atoms with Crippen molar-refractivity contribution < 1.29 is 87.2 Å². The molecule has 1 aromatic heterocycles. The van der Waals surface area contributed by atoms with Gasteiger partial charge < -0.3 is 82.4 Å². The van der Waals surface area contributed by atoms with Crippen molar-refractivity contribution in [2.75, 3.05) is 20.8 Å². The van der Waals surface area contributed by atoms with Crippen LogP contribution in [0.2, 0.25) is 0 Å². The normalized spacial score (nSPS) is 49.5. The van der Waals surface area contributed by atoms with Crippen LogP contribution in [0, 0.1) is 24.2 Å². The molecular formula is C47H72O18. The summed E-state index contributed by atoms with van der Waals surface area (Å²) in [5.41, 5.74) is 1.30. The van der Waals surface area contributed by atoms with Crippen LogP contribution in [0.15, 0.2) is 28.4 Å². The van der Waals surface area contributed by atoms with Crippen LogP contribution in [-0.4, -0.2) is 174 Å². The molecule has 368 valence electrons. The molecule has 6 N–H and O–H groups in total. The highest BCUT2D eigenvalue weighted by Crippen LogP contribution is 2.59. The second-order valence-corrected chi connectivity index (χ2v) is 20.0. The number of aliphatic hydroxyl groups excluding tert-OH is 6. The first kappa shape index (κ1) is 49.5. The van der Waals surface area contributed by atoms with Gasteiger partial charge in [-0.25, -0.2) is 0 Å². The molecule has 7 aliphatic rings. The molecule has 2 saturated carbocycles. The van der Waals surface area contributed by atoms with Crippen molar-refractivity contribution >= 4 is 5.78 Å². The lowest BCUT2D eigenvalue weighted by atomic mass is 9.49. The largest absolute Gasteiger partial charge is 0.469 e. The Morgan fingerprint density at radius 3 is 1.94 bits per heavy atom. The Bertz CT molecular complexity index is 1790. The third-order valence-electron chi connectivity index (χ3n) is 16.0. The van der Waals surface area contributed by atoms with Gasteiger partial charge in [0.05, 0.1) is 67.1 Å². The predicted molar refractivity (Wildman–Crippen MR) is 226 cm³/mol. The first-order valence-corrected chi connectivity index (χ1v) is 23.5. The Morgan fingerprint density at radius 1 is 0.738 bits per heavy atom. The van der Waals surface area contributed by atoms with Gasteiger partial charge in [0.2, 0.25) is 0 Å². The third kappa shape index (κ3) is 9.43. The zero-order chi connectivity index (χ0) is 46.7. The number of ether oxygens (including phenoxy) is 10. The lowest BCUT2D eigenvalue weighted by Crippen LogP contribution is -2.62. The molecule has 0 aromatic carbocycles. The topological polar surface area (TPSA) is 244 Å². The molecule has 8 rings (SSSR count). The lowest BCUT2D eigenvalue weighted by molar-refractivity contribution is -0.356. The highest BCUT2D eigenvalue weighted by Gasteiger charge is 2.58. The van der Waals surface area contributed by atoms with Crippen LogP contribution in [0.1, 0.15) is 97.3 Å². The molecule has 4 aliphatic heterocycles. The van der Waals surface area contributed by atoms with Crippen LogP contribution in [0.5, 0.6) is 0 Å². The molecule has 18 nitrogen and oxygen atoms in total. The number of ketones is 1. The van der Waals surface area contributed by atoms with E-state index in [-0.39, 0.29) is 35.9 Å². The van der Waals surface area contributed by atoms with Gasteiger partial charge in [-0.15, -0.1) is 0 Å². The van der Waals surface area contributed by atoms with Crippen LogP contribution < -0.4 is 0 Å². The zero-order valence-electron chi connectivity index (χ0n) is 38.8. The first-order chi connectivity index (χ1) is 30.9. The number of aliphatic hydroxyl groups is 6. The maximum Gasteiger partial charge on any atom is 0.187 e. The van der Waals surface area contributed by atoms with Gasteiger partial charge in [-0.05, 0) is 84.1 Å². The third-order valence-corrected chi connectivity index (χ3v) is 16.0. The number of carbonyl (C=O) groups is 1. The second-order valence-electron chi connectivity index (χ2n) is 20.0. The summed E-state index contributed by atoms with van der Waals surface area (Å²) in [5, 5.41) is 63.6. The summed E-state index contributed by atoms with van der Waals surface area (Å²) in [6, 6.07) is 1.94. The molecule has 0 amide bonds. The number of hydrogen-bond donors (Lipinski definition) is 6. The summed E-state index contributed by atoms with van der Waals surface area (Å²) in [6.45, 7) is 11.0. The Hall–Kier alpha value is -1.95. The number of rotatable bonds is 12. The van der Waals surface area contributed by atoms with Crippen LogP contribution in [0.4, 0.5) is 0 Å². The van der Waals surface area contributed by atoms with Crippen molar-refractivity contribution in [3.63, 3.8) is 0 Å². The van der Waals surface area contributed by atoms with E-state index in [0.29, 0.717) is 25.7 Å². The SMILES string of the molecule is CO[C@H]1C[C@H](O[C@@H]2CC3=CC[C@H]4C(=O)[C@@](C)(c5ccoc5C)CC[C@@H]4[C@@]3(C)C[C@H]2O)O[C@H](C)[C@H]1O[C@H]1C[C@H](O)[C@H](O[C@H]2C[C@@H](OC)[C@@H](O[C@@H]3O[C@H](CO)[C@@H](O)[C@H](O)[C@H]3O)[C@H](C)O2)[C@@H](C)O1. The van der Waals surface area contributed by atoms with E-state index in [4.69, 9.17) is 51.8 Å². The summed E-state index contributed by atoms with van der Waals surface area (Å²) in [4.78, 5) is 14.2. The smallest absolute Gasteiger partial charge is 0.187 e. The van der Waals surface area contributed by atoms with E-state index < -0.39 is 129 Å². The number of Topliss-reactive ketones (excluding diaryl/α,β-unsaturated/α-hetero) is 1. The minimum Gasteiger partial charge on any atom is -0.469 e. The Kier molecular flexibility index (Phi) is 15.1. The molecule has 6 fully saturated rings. The van der Waals surface area contributed by atoms with Crippen molar-refractivity contribution in [1.29, 1.82) is 0 Å². The van der Waals surface area contributed by atoms with E-state index in [1.54, 1.807) is 27.2 Å². The van der Waals surface area contributed by atoms with Crippen LogP contribution >= 0.6 is 0 Å². The standard InChI is InChI=1S/C47H72O18/c1-21-27(12-14-57-21)46(5)13-11-28-26(44(46)54)10-9-25-15-31(30(50)19-47(25,28)6)61-36-17-32(55-7)42(23(3)59-36)64-35-16-29(49)41(22(2)58-35)63-37-18-33(56-8)43(24(4)60-37)65-45-40(53)39(52)38(51)34(20-48)62-45/h9,12,14,22-24,26,28-43,45,48-53H,10-11,13,15-20H2,1-8H3/t22-,23-,24+,26-,28+,29+,30-,31-,32+,33-,34-,35+,36+,37+,38-,39+,40-,41-,42-,43+,45+,46-,47+/m1/s1.